The van der Waals surface area contributed by atoms with Crippen molar-refractivity contribution >= 4 is 30.3 Å². The average molecular weight is 531 g/mol. The van der Waals surface area contributed by atoms with Gasteiger partial charge >= 0.3 is 41.5 Å². The van der Waals surface area contributed by atoms with E-state index < -0.39 is 11.2 Å². The predicted octanol–water partition coefficient (Wildman–Crippen LogP) is 4.61. The predicted molar refractivity (Wildman–Crippen MR) is 130 cm³/mol. The maximum absolute atomic E-state index is 4.89. The number of allylic oxidation sites excluding steroid dienone is 2. The van der Waals surface area contributed by atoms with Crippen LogP contribution in [0, 0.1) is 0 Å². The van der Waals surface area contributed by atoms with Crippen LogP contribution in [0.25, 0.3) is 10.6 Å². The summed E-state index contributed by atoms with van der Waals surface area (Å²) < 4.78 is 0. The first-order chi connectivity index (χ1) is 15.0. The van der Waals surface area contributed by atoms with Crippen LogP contribution in [0.4, 0.5) is 0 Å². The zero-order valence-corrected chi connectivity index (χ0v) is 21.5. The van der Waals surface area contributed by atoms with Crippen LogP contribution < -0.4 is 4.90 Å². The van der Waals surface area contributed by atoms with Crippen LogP contribution in [0.2, 0.25) is 0 Å². The fraction of sp³-hybridized carbons (Fsp3) is 0.591. The molecule has 1 fully saturated rings. The van der Waals surface area contributed by atoms with Crippen molar-refractivity contribution in [2.75, 3.05) is 39.8 Å². The minimum atomic E-state index is -1.33. The van der Waals surface area contributed by atoms with E-state index in [1.807, 2.05) is 24.5 Å². The second-order valence-corrected chi connectivity index (χ2v) is 13.4. The number of pyridine rings is 1. The SMILES string of the molecule is C[NH+](CCCN(CC1C=CC=C[N-]1)CC1CCCC[N-]1)Cc1ccccn1.[Cl][Fe]([Cl])[Cl]. The monoisotopic (exact) mass is 529 g/mol. The molecule has 1 aromatic heterocycles. The Morgan fingerprint density at radius 2 is 2.03 bits per heavy atom. The molecule has 3 rings (SSSR count). The summed E-state index contributed by atoms with van der Waals surface area (Å²) in [5.41, 5.74) is 1.17. The molecule has 5 nitrogen and oxygen atoms in total. The van der Waals surface area contributed by atoms with Gasteiger partial charge in [-0.1, -0.05) is 49.6 Å². The van der Waals surface area contributed by atoms with Crippen LogP contribution in [0.3, 0.4) is 0 Å². The van der Waals surface area contributed by atoms with Gasteiger partial charge in [-0.15, -0.1) is 12.6 Å². The summed E-state index contributed by atoms with van der Waals surface area (Å²) >= 11 is -1.33. The number of halogens is 3. The number of quaternary nitrogens is 1. The normalized spacial score (nSPS) is 21.8. The zero-order chi connectivity index (χ0) is 22.3. The molecule has 0 aliphatic carbocycles. The Morgan fingerprint density at radius 3 is 2.68 bits per heavy atom. The molecule has 0 bridgehead atoms. The van der Waals surface area contributed by atoms with Gasteiger partial charge in [-0.3, -0.25) is 4.98 Å². The Labute approximate surface area is 204 Å². The second-order valence-electron chi connectivity index (χ2n) is 7.97. The van der Waals surface area contributed by atoms with Gasteiger partial charge in [-0.2, -0.15) is 6.20 Å². The van der Waals surface area contributed by atoms with Crippen molar-refractivity contribution in [2.45, 2.75) is 44.3 Å². The quantitative estimate of drug-likeness (QED) is 0.450. The van der Waals surface area contributed by atoms with Gasteiger partial charge in [-0.05, 0) is 25.2 Å². The van der Waals surface area contributed by atoms with E-state index in [0.717, 1.165) is 39.3 Å². The van der Waals surface area contributed by atoms with Crippen LogP contribution in [0.1, 0.15) is 31.4 Å². The van der Waals surface area contributed by atoms with Gasteiger partial charge in [0.2, 0.25) is 0 Å². The van der Waals surface area contributed by atoms with Crippen molar-refractivity contribution in [1.29, 1.82) is 0 Å². The molecule has 0 radical (unpaired) electrons. The fourth-order valence-corrected chi connectivity index (χ4v) is 3.89. The molecule has 9 heteroatoms. The molecular formula is C22H34Cl3FeN5-. The van der Waals surface area contributed by atoms with E-state index in [9.17, 15) is 0 Å². The van der Waals surface area contributed by atoms with Crippen LogP contribution in [-0.4, -0.2) is 61.7 Å². The molecule has 1 saturated heterocycles. The van der Waals surface area contributed by atoms with E-state index in [2.05, 4.69) is 46.5 Å². The maximum atomic E-state index is 4.89. The topological polar surface area (TPSA) is 48.8 Å². The Hall–Kier alpha value is -0.301. The molecule has 31 heavy (non-hydrogen) atoms. The first-order valence-corrected chi connectivity index (χ1v) is 15.4. The number of piperidine rings is 1. The van der Waals surface area contributed by atoms with Gasteiger partial charge in [0.15, 0.2) is 0 Å². The molecule has 1 aromatic rings. The first-order valence-electron chi connectivity index (χ1n) is 10.8. The van der Waals surface area contributed by atoms with Crippen LogP contribution >= 0.6 is 30.3 Å². The second kappa shape index (κ2) is 16.3. The molecule has 2 aliphatic heterocycles. The van der Waals surface area contributed by atoms with Crippen molar-refractivity contribution in [1.82, 2.24) is 9.88 Å². The van der Waals surface area contributed by atoms with Crippen molar-refractivity contribution in [3.05, 3.63) is 65.2 Å². The molecule has 2 aliphatic rings. The van der Waals surface area contributed by atoms with Crippen LogP contribution in [-0.2, 0) is 17.7 Å². The summed E-state index contributed by atoms with van der Waals surface area (Å²) in [6, 6.07) is 6.97. The van der Waals surface area contributed by atoms with Gasteiger partial charge in [0.1, 0.15) is 6.54 Å². The van der Waals surface area contributed by atoms with E-state index in [4.69, 9.17) is 35.6 Å². The van der Waals surface area contributed by atoms with Gasteiger partial charge in [-0.25, -0.2) is 0 Å². The summed E-state index contributed by atoms with van der Waals surface area (Å²) in [6.45, 7) is 6.41. The van der Waals surface area contributed by atoms with E-state index in [0.29, 0.717) is 6.04 Å². The summed E-state index contributed by atoms with van der Waals surface area (Å²) in [4.78, 5) is 8.55. The van der Waals surface area contributed by atoms with Gasteiger partial charge in [0, 0.05) is 19.2 Å². The minimum absolute atomic E-state index is 0.289. The average Bonchev–Trinajstić information content (AvgIpc) is 2.75. The van der Waals surface area contributed by atoms with Crippen molar-refractivity contribution in [2.24, 2.45) is 0 Å². The Bertz CT molecular complexity index is 639. The van der Waals surface area contributed by atoms with Gasteiger partial charge < -0.3 is 20.4 Å². The molecule has 1 N–H and O–H groups in total. The first kappa shape index (κ1) is 26.9. The number of hydrogen-bond donors (Lipinski definition) is 1. The molecule has 0 amide bonds. The molecular weight excluding hydrogens is 496 g/mol. The molecule has 3 atom stereocenters. The van der Waals surface area contributed by atoms with Crippen LogP contribution in [0.5, 0.6) is 0 Å². The van der Waals surface area contributed by atoms with E-state index in [-0.39, 0.29) is 6.04 Å². The van der Waals surface area contributed by atoms with Crippen LogP contribution in [0.15, 0.2) is 48.8 Å². The Morgan fingerprint density at radius 1 is 1.19 bits per heavy atom. The summed E-state index contributed by atoms with van der Waals surface area (Å²) in [5.74, 6) is 0. The van der Waals surface area contributed by atoms with E-state index in [1.54, 1.807) is 0 Å². The Balaban J connectivity index is 0.000000785. The number of nitrogens with one attached hydrogen (secondary N) is 1. The summed E-state index contributed by atoms with van der Waals surface area (Å²) in [6.07, 6.45) is 15.2. The third-order valence-corrected chi connectivity index (χ3v) is 5.34. The van der Waals surface area contributed by atoms with E-state index >= 15 is 0 Å². The van der Waals surface area contributed by atoms with Crippen molar-refractivity contribution in [3.8, 4) is 0 Å². The fourth-order valence-electron chi connectivity index (χ4n) is 3.89. The summed E-state index contributed by atoms with van der Waals surface area (Å²) in [5, 5.41) is 9.45. The molecule has 0 spiro atoms. The molecule has 3 heterocycles. The summed E-state index contributed by atoms with van der Waals surface area (Å²) in [7, 11) is 16.9. The van der Waals surface area contributed by atoms with Crippen molar-refractivity contribution < 1.29 is 16.1 Å². The Kier molecular flexibility index (Phi) is 14.2. The third-order valence-electron chi connectivity index (χ3n) is 5.34. The number of nitrogens with zero attached hydrogens (tertiary/aromatic N) is 4. The number of rotatable bonds is 10. The standard InChI is InChI=1S/C22H33N5.3ClH.Fe/c1-26(17-20-9-2-5-12-23-20)15-8-16-27(18-21-10-3-6-13-24-21)19-22-11-4-7-14-25-22;;;;/h2-3,5-6,9-10,12-13,21-22H,4,7-8,11,14-19H2,1H3;3*1H;/q-2;;;;+3/p-2. The van der Waals surface area contributed by atoms with Gasteiger partial charge in [0.05, 0.1) is 19.3 Å². The molecule has 0 aromatic carbocycles. The molecule has 0 saturated carbocycles. The number of hydrogen-bond acceptors (Lipinski definition) is 2. The van der Waals surface area contributed by atoms with Crippen molar-refractivity contribution in [3.63, 3.8) is 0 Å². The molecule has 177 valence electrons. The van der Waals surface area contributed by atoms with E-state index in [1.165, 1.54) is 36.3 Å². The molecule has 3 unspecified atom stereocenters. The third kappa shape index (κ3) is 13.1. The zero-order valence-electron chi connectivity index (χ0n) is 18.1. The number of aromatic nitrogens is 1. The van der Waals surface area contributed by atoms with Gasteiger partial charge in [0.25, 0.3) is 0 Å².